The molecular weight excluding hydrogens is 82.9 g/mol. The summed E-state index contributed by atoms with van der Waals surface area (Å²) in [6, 6.07) is 0. The van der Waals surface area contributed by atoms with Crippen molar-refractivity contribution in [2.45, 2.75) is 13.8 Å². The quantitative estimate of drug-likeness (QED) is 0.458. The van der Waals surface area contributed by atoms with Gasteiger partial charge in [0.25, 0.3) is 0 Å². The number of allylic oxidation sites excluding steroid dienone is 2. The molecule has 0 aromatic heterocycles. The minimum Gasteiger partial charge on any atom is -0.113 e. The van der Waals surface area contributed by atoms with Crippen LogP contribution < -0.4 is 0 Å². The molecule has 0 rings (SSSR count). The summed E-state index contributed by atoms with van der Waals surface area (Å²) in [5, 5.41) is 0. The van der Waals surface area contributed by atoms with Gasteiger partial charge < -0.3 is 0 Å². The van der Waals surface area contributed by atoms with Crippen molar-refractivity contribution in [3.63, 3.8) is 0 Å². The first kappa shape index (κ1) is 3.53. The molecule has 0 fully saturated rings. The Kier molecular flexibility index (Phi) is 1.35. The third-order valence-electron chi connectivity index (χ3n) is 0.455. The van der Waals surface area contributed by atoms with Crippen LogP contribution in [-0.2, 0) is 0 Å². The molecule has 0 spiro atoms. The molecule has 0 aliphatic rings. The Bertz CT molecular complexity index is 122. The summed E-state index contributed by atoms with van der Waals surface area (Å²) in [5.41, 5.74) is 1.74. The Hall–Kier alpha value is -0.455. The summed E-state index contributed by atoms with van der Waals surface area (Å²) in [7, 11) is 1.79. The van der Waals surface area contributed by atoms with Crippen molar-refractivity contribution in [3.05, 3.63) is 24.1 Å². The highest BCUT2D eigenvalue weighted by molar-refractivity contribution is 6.53. The maximum atomic E-state index is 6.80. The molecular formula is C6H10B. The Balaban J connectivity index is 3.75. The molecule has 0 N–H and O–H groups in total. The van der Waals surface area contributed by atoms with Crippen molar-refractivity contribution in [3.8, 4) is 0 Å². The average Bonchev–Trinajstić information content (AvgIpc) is 1.87. The Morgan fingerprint density at radius 2 is 1.86 bits per heavy atom. The van der Waals surface area contributed by atoms with E-state index < -0.39 is 0 Å². The van der Waals surface area contributed by atoms with E-state index >= 15 is 0 Å². The second kappa shape index (κ2) is 2.67. The molecule has 0 aliphatic heterocycles. The summed E-state index contributed by atoms with van der Waals surface area (Å²) >= 11 is 0. The first-order valence-corrected chi connectivity index (χ1v) is 2.15. The SMILES string of the molecule is [2H]C=C(C)[B]C(C)=C[2H]. The third kappa shape index (κ3) is 5.54. The molecule has 0 heterocycles. The van der Waals surface area contributed by atoms with E-state index in [-0.39, 0.29) is 0 Å². The summed E-state index contributed by atoms with van der Waals surface area (Å²) in [6.07, 6.45) is 0. The molecule has 7 heavy (non-hydrogen) atoms. The lowest BCUT2D eigenvalue weighted by Crippen LogP contribution is -1.90. The zero-order valence-corrected chi connectivity index (χ0v) is 4.73. The van der Waals surface area contributed by atoms with Crippen LogP contribution >= 0.6 is 0 Å². The number of hydrogen-bond donors (Lipinski definition) is 0. The zero-order valence-electron chi connectivity index (χ0n) is 6.73. The molecule has 0 aromatic carbocycles. The third-order valence-corrected chi connectivity index (χ3v) is 0.455. The van der Waals surface area contributed by atoms with Crippen LogP contribution in [0.1, 0.15) is 16.6 Å². The molecule has 1 radical (unpaired) electrons. The van der Waals surface area contributed by atoms with Crippen LogP contribution in [0, 0.1) is 0 Å². The van der Waals surface area contributed by atoms with E-state index in [1.807, 2.05) is 13.8 Å². The molecule has 0 aliphatic carbocycles. The van der Waals surface area contributed by atoms with Crippen LogP contribution in [0.2, 0.25) is 0 Å². The van der Waals surface area contributed by atoms with Gasteiger partial charge in [-0.15, -0.1) is 24.1 Å². The Morgan fingerprint density at radius 1 is 1.43 bits per heavy atom. The predicted molar refractivity (Wildman–Crippen MR) is 35.4 cm³/mol. The fourth-order valence-electron chi connectivity index (χ4n) is 0.359. The summed E-state index contributed by atoms with van der Waals surface area (Å²) in [5.74, 6) is 0. The van der Waals surface area contributed by atoms with Gasteiger partial charge in [-0.2, -0.15) is 0 Å². The summed E-state index contributed by atoms with van der Waals surface area (Å²) in [6.45, 7) is 6.21. The van der Waals surface area contributed by atoms with Crippen molar-refractivity contribution in [2.24, 2.45) is 0 Å². The topological polar surface area (TPSA) is 0 Å². The van der Waals surface area contributed by atoms with Gasteiger partial charge in [0.05, 0.1) is 2.74 Å². The van der Waals surface area contributed by atoms with Gasteiger partial charge in [0.15, 0.2) is 7.28 Å². The largest absolute Gasteiger partial charge is 0.177 e. The Morgan fingerprint density at radius 3 is 2.14 bits per heavy atom. The number of rotatable bonds is 2. The zero-order chi connectivity index (χ0) is 7.28. The van der Waals surface area contributed by atoms with Crippen molar-refractivity contribution in [2.75, 3.05) is 0 Å². The lowest BCUT2D eigenvalue weighted by atomic mass is 9.65. The normalized spacial score (nSPS) is 18.0. The summed E-state index contributed by atoms with van der Waals surface area (Å²) < 4.78 is 13.6. The minimum atomic E-state index is 0.871. The van der Waals surface area contributed by atoms with Gasteiger partial charge in [0.1, 0.15) is 0 Å². The van der Waals surface area contributed by atoms with Gasteiger partial charge in [-0.25, -0.2) is 0 Å². The van der Waals surface area contributed by atoms with Gasteiger partial charge in [-0.05, 0) is 0 Å². The second-order valence-corrected chi connectivity index (χ2v) is 1.63. The van der Waals surface area contributed by atoms with E-state index in [2.05, 4.69) is 0 Å². The molecule has 0 atom stereocenters. The standard InChI is InChI=1S/C6H10B/c1-5(2)7-6(3)4/h1,3H2,2,4H3/i1D,3D. The van der Waals surface area contributed by atoms with Crippen LogP contribution in [0.15, 0.2) is 24.1 Å². The molecule has 0 unspecified atom stereocenters. The van der Waals surface area contributed by atoms with Crippen LogP contribution in [-0.4, -0.2) is 7.28 Å². The predicted octanol–water partition coefficient (Wildman–Crippen LogP) is 1.76. The van der Waals surface area contributed by atoms with Crippen molar-refractivity contribution in [1.29, 1.82) is 0 Å². The lowest BCUT2D eigenvalue weighted by molar-refractivity contribution is 1.63. The molecule has 0 saturated carbocycles. The molecule has 37 valence electrons. The van der Waals surface area contributed by atoms with Gasteiger partial charge in [0.2, 0.25) is 0 Å². The van der Waals surface area contributed by atoms with Crippen LogP contribution in [0.5, 0.6) is 0 Å². The first-order chi connectivity index (χ1) is 4.20. The monoisotopic (exact) mass is 95.1 g/mol. The molecule has 0 bridgehead atoms. The molecule has 0 amide bonds. The van der Waals surface area contributed by atoms with Crippen molar-refractivity contribution in [1.82, 2.24) is 0 Å². The van der Waals surface area contributed by atoms with Crippen LogP contribution in [0.25, 0.3) is 0 Å². The van der Waals surface area contributed by atoms with Crippen LogP contribution in [0.4, 0.5) is 0 Å². The highest BCUT2D eigenvalue weighted by atomic mass is 13.6. The average molecular weight is 95.0 g/mol. The molecule has 1 heteroatoms. The fraction of sp³-hybridized carbons (Fsp3) is 0.333. The maximum Gasteiger partial charge on any atom is 0.177 e. The van der Waals surface area contributed by atoms with Crippen molar-refractivity contribution >= 4 is 7.28 Å². The fourth-order valence-corrected chi connectivity index (χ4v) is 0.359. The number of hydrogen-bond acceptors (Lipinski definition) is 0. The van der Waals surface area contributed by atoms with E-state index in [0.717, 1.165) is 10.9 Å². The molecule has 0 nitrogen and oxygen atoms in total. The second-order valence-electron chi connectivity index (χ2n) is 1.63. The first-order valence-electron chi connectivity index (χ1n) is 3.31. The highest BCUT2D eigenvalue weighted by Crippen LogP contribution is 1.90. The van der Waals surface area contributed by atoms with E-state index in [9.17, 15) is 0 Å². The van der Waals surface area contributed by atoms with E-state index in [1.165, 1.54) is 13.1 Å². The summed E-state index contributed by atoms with van der Waals surface area (Å²) in [4.78, 5) is 0. The van der Waals surface area contributed by atoms with Crippen molar-refractivity contribution < 1.29 is 2.74 Å². The Labute approximate surface area is 49.0 Å². The van der Waals surface area contributed by atoms with Gasteiger partial charge in [-0.1, -0.05) is 13.8 Å². The smallest absolute Gasteiger partial charge is 0.113 e. The minimum absolute atomic E-state index is 0.871. The maximum absolute atomic E-state index is 6.80. The van der Waals surface area contributed by atoms with Gasteiger partial charge in [0, 0.05) is 0 Å². The molecule has 0 aromatic rings. The van der Waals surface area contributed by atoms with E-state index in [0.29, 0.717) is 0 Å². The molecule has 0 saturated heterocycles. The van der Waals surface area contributed by atoms with Crippen LogP contribution in [0.3, 0.4) is 0 Å². The van der Waals surface area contributed by atoms with E-state index in [4.69, 9.17) is 2.74 Å². The van der Waals surface area contributed by atoms with Gasteiger partial charge >= 0.3 is 0 Å². The van der Waals surface area contributed by atoms with Gasteiger partial charge in [-0.3, -0.25) is 0 Å². The lowest BCUT2D eigenvalue weighted by Gasteiger charge is -1.90. The highest BCUT2D eigenvalue weighted by Gasteiger charge is 1.86. The van der Waals surface area contributed by atoms with E-state index in [1.54, 1.807) is 7.28 Å².